The summed E-state index contributed by atoms with van der Waals surface area (Å²) in [7, 11) is 2.98. The molecule has 0 atom stereocenters. The zero-order chi connectivity index (χ0) is 19.6. The fourth-order valence-corrected chi connectivity index (χ4v) is 3.27. The molecule has 0 aliphatic rings. The van der Waals surface area contributed by atoms with Crippen molar-refractivity contribution in [3.63, 3.8) is 0 Å². The molecule has 0 aliphatic heterocycles. The summed E-state index contributed by atoms with van der Waals surface area (Å²) in [6.45, 7) is 0. The number of urea groups is 1. The van der Waals surface area contributed by atoms with Gasteiger partial charge >= 0.3 is 12.2 Å². The lowest BCUT2D eigenvalue weighted by Crippen LogP contribution is -2.21. The molecular formula is C17H14F3N3O3S. The number of benzene rings is 2. The van der Waals surface area contributed by atoms with Crippen LogP contribution in [0.2, 0.25) is 0 Å². The van der Waals surface area contributed by atoms with Gasteiger partial charge in [-0.25, -0.2) is 9.78 Å². The van der Waals surface area contributed by atoms with E-state index in [4.69, 9.17) is 9.47 Å². The molecule has 0 unspecified atom stereocenters. The van der Waals surface area contributed by atoms with Gasteiger partial charge in [0.1, 0.15) is 0 Å². The monoisotopic (exact) mass is 397 g/mol. The van der Waals surface area contributed by atoms with Crippen LogP contribution >= 0.6 is 11.3 Å². The van der Waals surface area contributed by atoms with E-state index in [1.54, 1.807) is 12.1 Å². The van der Waals surface area contributed by atoms with Crippen molar-refractivity contribution < 1.29 is 27.4 Å². The number of hydrogen-bond acceptors (Lipinski definition) is 5. The van der Waals surface area contributed by atoms with E-state index in [9.17, 15) is 18.0 Å². The molecule has 0 fully saturated rings. The van der Waals surface area contributed by atoms with Crippen LogP contribution in [0.3, 0.4) is 0 Å². The maximum Gasteiger partial charge on any atom is 0.418 e. The van der Waals surface area contributed by atoms with E-state index < -0.39 is 17.8 Å². The summed E-state index contributed by atoms with van der Waals surface area (Å²) in [6.07, 6.45) is -4.58. The maximum atomic E-state index is 13.0. The highest BCUT2D eigenvalue weighted by Crippen LogP contribution is 2.37. The smallest absolute Gasteiger partial charge is 0.418 e. The van der Waals surface area contributed by atoms with E-state index >= 15 is 0 Å². The van der Waals surface area contributed by atoms with Crippen LogP contribution in [0.4, 0.5) is 28.8 Å². The Bertz CT molecular complexity index is 947. The number of carbonyl (C=O) groups is 1. The number of carbonyl (C=O) groups excluding carboxylic acids is 1. The number of hydrogen-bond donors (Lipinski definition) is 2. The van der Waals surface area contributed by atoms with E-state index in [-0.39, 0.29) is 10.8 Å². The summed E-state index contributed by atoms with van der Waals surface area (Å²) < 4.78 is 50.1. The quantitative estimate of drug-likeness (QED) is 0.652. The van der Waals surface area contributed by atoms with E-state index in [0.29, 0.717) is 17.0 Å². The molecular weight excluding hydrogens is 383 g/mol. The Kier molecular flexibility index (Phi) is 5.08. The van der Waals surface area contributed by atoms with Gasteiger partial charge in [0.05, 0.1) is 35.7 Å². The van der Waals surface area contributed by atoms with E-state index in [1.807, 2.05) is 0 Å². The topological polar surface area (TPSA) is 72.5 Å². The first-order valence-corrected chi connectivity index (χ1v) is 8.40. The molecule has 0 radical (unpaired) electrons. The fourth-order valence-electron chi connectivity index (χ4n) is 2.40. The molecule has 0 aliphatic carbocycles. The molecule has 2 amide bonds. The molecule has 0 spiro atoms. The second kappa shape index (κ2) is 7.31. The number of nitrogens with zero attached hydrogens (tertiary/aromatic N) is 1. The van der Waals surface area contributed by atoms with Crippen LogP contribution in [-0.4, -0.2) is 25.2 Å². The van der Waals surface area contributed by atoms with Gasteiger partial charge in [-0.15, -0.1) is 0 Å². The average molecular weight is 397 g/mol. The highest BCUT2D eigenvalue weighted by atomic mass is 32.1. The summed E-state index contributed by atoms with van der Waals surface area (Å²) in [5, 5.41) is 4.87. The van der Waals surface area contributed by atoms with Gasteiger partial charge in [-0.05, 0) is 12.1 Å². The van der Waals surface area contributed by atoms with Gasteiger partial charge in [0.25, 0.3) is 0 Å². The first-order chi connectivity index (χ1) is 12.8. The van der Waals surface area contributed by atoms with E-state index in [0.717, 1.165) is 22.1 Å². The van der Waals surface area contributed by atoms with Crippen molar-refractivity contribution >= 4 is 38.4 Å². The number of amides is 2. The minimum atomic E-state index is -4.58. The van der Waals surface area contributed by atoms with Crippen LogP contribution in [0.25, 0.3) is 10.2 Å². The third kappa shape index (κ3) is 4.05. The molecule has 27 heavy (non-hydrogen) atoms. The predicted octanol–water partition coefficient (Wildman–Crippen LogP) is 4.98. The Morgan fingerprint density at radius 3 is 2.41 bits per heavy atom. The van der Waals surface area contributed by atoms with Gasteiger partial charge in [0.2, 0.25) is 0 Å². The van der Waals surface area contributed by atoms with E-state index in [1.165, 1.54) is 32.4 Å². The molecule has 2 aromatic carbocycles. The summed E-state index contributed by atoms with van der Waals surface area (Å²) in [4.78, 5) is 16.4. The van der Waals surface area contributed by atoms with Crippen molar-refractivity contribution in [3.8, 4) is 11.5 Å². The minimum absolute atomic E-state index is 0.224. The van der Waals surface area contributed by atoms with Gasteiger partial charge < -0.3 is 14.8 Å². The van der Waals surface area contributed by atoms with Crippen LogP contribution in [0.15, 0.2) is 36.4 Å². The highest BCUT2D eigenvalue weighted by Gasteiger charge is 2.33. The van der Waals surface area contributed by atoms with Crippen LogP contribution in [0.1, 0.15) is 5.56 Å². The lowest BCUT2D eigenvalue weighted by Gasteiger charge is -2.13. The minimum Gasteiger partial charge on any atom is -0.493 e. The number of alkyl halides is 3. The third-order valence-corrected chi connectivity index (χ3v) is 4.53. The van der Waals surface area contributed by atoms with Crippen molar-refractivity contribution in [2.45, 2.75) is 6.18 Å². The fraction of sp³-hybridized carbons (Fsp3) is 0.176. The van der Waals surface area contributed by atoms with Gasteiger partial charge in [0.15, 0.2) is 16.6 Å². The van der Waals surface area contributed by atoms with Crippen LogP contribution in [0, 0.1) is 0 Å². The van der Waals surface area contributed by atoms with Crippen LogP contribution < -0.4 is 20.1 Å². The standard InChI is InChI=1S/C17H14F3N3O3S/c1-25-12-7-11-14(8-13(12)26-2)27-16(22-11)23-15(24)21-10-6-4-3-5-9(10)17(18,19)20/h3-8H,1-2H3,(H2,21,22,23,24). The summed E-state index contributed by atoms with van der Waals surface area (Å²) in [5.41, 5.74) is -0.713. The normalized spacial score (nSPS) is 11.3. The second-order valence-corrected chi connectivity index (χ2v) is 6.35. The number of halogens is 3. The number of aromatic nitrogens is 1. The Balaban J connectivity index is 1.81. The molecule has 0 saturated carbocycles. The largest absolute Gasteiger partial charge is 0.493 e. The number of rotatable bonds is 4. The Morgan fingerprint density at radius 1 is 1.07 bits per heavy atom. The molecule has 2 N–H and O–H groups in total. The summed E-state index contributed by atoms with van der Waals surface area (Å²) in [6, 6.07) is 7.24. The Morgan fingerprint density at radius 2 is 1.74 bits per heavy atom. The molecule has 1 heterocycles. The van der Waals surface area contributed by atoms with Crippen molar-refractivity contribution in [2.75, 3.05) is 24.9 Å². The SMILES string of the molecule is COc1cc2nc(NC(=O)Nc3ccccc3C(F)(F)F)sc2cc1OC. The predicted molar refractivity (Wildman–Crippen MR) is 96.8 cm³/mol. The van der Waals surface area contributed by atoms with Crippen molar-refractivity contribution in [3.05, 3.63) is 42.0 Å². The summed E-state index contributed by atoms with van der Waals surface area (Å²) >= 11 is 1.15. The summed E-state index contributed by atoms with van der Waals surface area (Å²) in [5.74, 6) is 0.981. The first-order valence-electron chi connectivity index (χ1n) is 7.58. The zero-order valence-corrected chi connectivity index (χ0v) is 15.0. The molecule has 0 bridgehead atoms. The molecule has 10 heteroatoms. The molecule has 6 nitrogen and oxygen atoms in total. The number of thiazole rings is 1. The lowest BCUT2D eigenvalue weighted by molar-refractivity contribution is -0.136. The van der Waals surface area contributed by atoms with E-state index in [2.05, 4.69) is 15.6 Å². The molecule has 3 aromatic rings. The Hall–Kier alpha value is -3.01. The first kappa shape index (κ1) is 18.8. The number of anilines is 2. The third-order valence-electron chi connectivity index (χ3n) is 3.59. The van der Waals surface area contributed by atoms with Gasteiger partial charge in [-0.3, -0.25) is 5.32 Å². The molecule has 1 aromatic heterocycles. The van der Waals surface area contributed by atoms with Gasteiger partial charge in [0, 0.05) is 12.1 Å². The van der Waals surface area contributed by atoms with Gasteiger partial charge in [-0.2, -0.15) is 13.2 Å². The number of ether oxygens (including phenoxy) is 2. The van der Waals surface area contributed by atoms with Crippen LogP contribution in [0.5, 0.6) is 11.5 Å². The average Bonchev–Trinajstić information content (AvgIpc) is 3.00. The number of para-hydroxylation sites is 1. The number of nitrogens with one attached hydrogen (secondary N) is 2. The Labute approximate surface area is 155 Å². The van der Waals surface area contributed by atoms with Crippen molar-refractivity contribution in [1.29, 1.82) is 0 Å². The van der Waals surface area contributed by atoms with Crippen molar-refractivity contribution in [2.24, 2.45) is 0 Å². The highest BCUT2D eigenvalue weighted by molar-refractivity contribution is 7.22. The number of fused-ring (bicyclic) bond motifs is 1. The molecule has 142 valence electrons. The van der Waals surface area contributed by atoms with Crippen LogP contribution in [-0.2, 0) is 6.18 Å². The van der Waals surface area contributed by atoms with Gasteiger partial charge in [-0.1, -0.05) is 23.5 Å². The number of methoxy groups -OCH3 is 2. The molecule has 0 saturated heterocycles. The van der Waals surface area contributed by atoms with Crippen molar-refractivity contribution in [1.82, 2.24) is 4.98 Å². The maximum absolute atomic E-state index is 13.0. The molecule has 3 rings (SSSR count). The second-order valence-electron chi connectivity index (χ2n) is 5.32. The zero-order valence-electron chi connectivity index (χ0n) is 14.2. The lowest BCUT2D eigenvalue weighted by atomic mass is 10.1.